The number of rotatable bonds is 9. The number of carbonyl (C=O) groups excluding carboxylic acids is 2. The summed E-state index contributed by atoms with van der Waals surface area (Å²) in [4.78, 5) is 23.4. The predicted molar refractivity (Wildman–Crippen MR) is 97.0 cm³/mol. The first-order valence-electron chi connectivity index (χ1n) is 7.64. The van der Waals surface area contributed by atoms with E-state index in [0.29, 0.717) is 5.56 Å². The van der Waals surface area contributed by atoms with Crippen LogP contribution in [-0.2, 0) is 24.3 Å². The van der Waals surface area contributed by atoms with E-state index in [0.717, 1.165) is 6.08 Å². The van der Waals surface area contributed by atoms with Gasteiger partial charge < -0.3 is 14.8 Å². The second kappa shape index (κ2) is 9.73. The van der Waals surface area contributed by atoms with Crippen LogP contribution in [0.3, 0.4) is 0 Å². The summed E-state index contributed by atoms with van der Waals surface area (Å²) < 4.78 is 36.2. The summed E-state index contributed by atoms with van der Waals surface area (Å²) in [7, 11) is -1.09. The normalized spacial score (nSPS) is 12.4. The summed E-state index contributed by atoms with van der Waals surface area (Å²) in [6.07, 6.45) is 3.02. The molecule has 0 aliphatic heterocycles. The van der Waals surface area contributed by atoms with Gasteiger partial charge in [0, 0.05) is 12.6 Å². The van der Waals surface area contributed by atoms with Crippen LogP contribution >= 0.6 is 0 Å². The first-order chi connectivity index (χ1) is 12.2. The van der Waals surface area contributed by atoms with E-state index in [2.05, 4.69) is 16.6 Å². The Bertz CT molecular complexity index is 801. The van der Waals surface area contributed by atoms with E-state index in [1.165, 1.54) is 45.4 Å². The zero-order valence-electron chi connectivity index (χ0n) is 14.8. The molecule has 0 saturated carbocycles. The molecule has 0 unspecified atom stereocenters. The molecule has 1 rings (SSSR count). The van der Waals surface area contributed by atoms with Crippen molar-refractivity contribution >= 4 is 28.0 Å². The van der Waals surface area contributed by atoms with Gasteiger partial charge in [-0.2, -0.15) is 0 Å². The summed E-state index contributed by atoms with van der Waals surface area (Å²) in [5.41, 5.74) is 0.445. The molecule has 1 atom stereocenters. The number of amides is 1. The SMILES string of the molecule is C=CCNC(=O)[C@@H](C)OC(=O)/C=C/c1ccc(OC)c(S(=O)(=O)NC)c1. The highest BCUT2D eigenvalue weighted by Crippen LogP contribution is 2.25. The van der Waals surface area contributed by atoms with E-state index < -0.39 is 28.0 Å². The van der Waals surface area contributed by atoms with E-state index >= 15 is 0 Å². The number of benzene rings is 1. The number of hydrogen-bond donors (Lipinski definition) is 2. The zero-order chi connectivity index (χ0) is 19.7. The van der Waals surface area contributed by atoms with E-state index in [4.69, 9.17) is 9.47 Å². The summed E-state index contributed by atoms with van der Waals surface area (Å²) in [6.45, 7) is 5.18. The maximum Gasteiger partial charge on any atom is 0.331 e. The number of nitrogens with one attached hydrogen (secondary N) is 2. The Morgan fingerprint density at radius 1 is 1.35 bits per heavy atom. The Balaban J connectivity index is 2.88. The molecule has 8 nitrogen and oxygen atoms in total. The molecule has 0 aromatic heterocycles. The van der Waals surface area contributed by atoms with Crippen LogP contribution in [0.15, 0.2) is 41.8 Å². The lowest BCUT2D eigenvalue weighted by atomic mass is 10.2. The largest absolute Gasteiger partial charge is 0.495 e. The molecule has 1 aromatic rings. The third kappa shape index (κ3) is 6.01. The molecular weight excluding hydrogens is 360 g/mol. The number of esters is 1. The van der Waals surface area contributed by atoms with Crippen LogP contribution in [0, 0.1) is 0 Å². The van der Waals surface area contributed by atoms with Crippen molar-refractivity contribution in [2.24, 2.45) is 0 Å². The van der Waals surface area contributed by atoms with Crippen molar-refractivity contribution in [1.29, 1.82) is 0 Å². The van der Waals surface area contributed by atoms with Crippen molar-refractivity contribution in [1.82, 2.24) is 10.0 Å². The Kier molecular flexibility index (Phi) is 8.01. The van der Waals surface area contributed by atoms with E-state index in [9.17, 15) is 18.0 Å². The lowest BCUT2D eigenvalue weighted by Crippen LogP contribution is -2.35. The molecule has 0 fully saturated rings. The Labute approximate surface area is 152 Å². The minimum Gasteiger partial charge on any atom is -0.495 e. The first-order valence-corrected chi connectivity index (χ1v) is 9.12. The fraction of sp³-hybridized carbons (Fsp3) is 0.294. The number of ether oxygens (including phenoxy) is 2. The molecule has 0 radical (unpaired) electrons. The lowest BCUT2D eigenvalue weighted by Gasteiger charge is -2.11. The van der Waals surface area contributed by atoms with E-state index in [1.807, 2.05) is 0 Å². The minimum atomic E-state index is -3.73. The van der Waals surface area contributed by atoms with Gasteiger partial charge in [-0.25, -0.2) is 17.9 Å². The summed E-state index contributed by atoms with van der Waals surface area (Å²) in [5, 5.41) is 2.51. The average molecular weight is 382 g/mol. The number of sulfonamides is 1. The molecule has 0 spiro atoms. The van der Waals surface area contributed by atoms with Gasteiger partial charge in [-0.1, -0.05) is 12.1 Å². The van der Waals surface area contributed by atoms with Crippen molar-refractivity contribution in [3.05, 3.63) is 42.5 Å². The van der Waals surface area contributed by atoms with Crippen LogP contribution in [-0.4, -0.2) is 47.1 Å². The molecule has 1 amide bonds. The molecule has 0 aliphatic carbocycles. The van der Waals surface area contributed by atoms with Crippen molar-refractivity contribution in [3.8, 4) is 5.75 Å². The molecule has 2 N–H and O–H groups in total. The highest BCUT2D eigenvalue weighted by atomic mass is 32.2. The summed E-state index contributed by atoms with van der Waals surface area (Å²) in [6, 6.07) is 4.41. The second-order valence-electron chi connectivity index (χ2n) is 5.06. The zero-order valence-corrected chi connectivity index (χ0v) is 15.6. The monoisotopic (exact) mass is 382 g/mol. The Hall–Kier alpha value is -2.65. The Morgan fingerprint density at radius 3 is 2.62 bits per heavy atom. The van der Waals surface area contributed by atoms with Crippen LogP contribution in [0.2, 0.25) is 0 Å². The summed E-state index contributed by atoms with van der Waals surface area (Å²) in [5.74, 6) is -1.01. The number of methoxy groups -OCH3 is 1. The van der Waals surface area contributed by atoms with Gasteiger partial charge in [0.05, 0.1) is 7.11 Å². The third-order valence-electron chi connectivity index (χ3n) is 3.24. The average Bonchev–Trinajstić information content (AvgIpc) is 2.63. The van der Waals surface area contributed by atoms with Crippen molar-refractivity contribution < 1.29 is 27.5 Å². The van der Waals surface area contributed by atoms with Gasteiger partial charge in [-0.05, 0) is 37.7 Å². The highest BCUT2D eigenvalue weighted by molar-refractivity contribution is 7.89. The molecule has 0 bridgehead atoms. The van der Waals surface area contributed by atoms with Gasteiger partial charge in [0.15, 0.2) is 6.10 Å². The van der Waals surface area contributed by atoms with Gasteiger partial charge in [0.25, 0.3) is 5.91 Å². The molecule has 0 heterocycles. The van der Waals surface area contributed by atoms with Crippen LogP contribution in [0.4, 0.5) is 0 Å². The fourth-order valence-corrected chi connectivity index (χ4v) is 2.79. The maximum absolute atomic E-state index is 12.0. The van der Waals surface area contributed by atoms with Gasteiger partial charge in [0.2, 0.25) is 10.0 Å². The molecule has 0 saturated heterocycles. The topological polar surface area (TPSA) is 111 Å². The quantitative estimate of drug-likeness (QED) is 0.372. The fourth-order valence-electron chi connectivity index (χ4n) is 1.86. The van der Waals surface area contributed by atoms with E-state index in [1.54, 1.807) is 6.07 Å². The standard InChI is InChI=1S/C17H22N2O6S/c1-5-10-19-17(21)12(2)25-16(20)9-7-13-6-8-14(24-4)15(11-13)26(22,23)18-3/h5-9,11-12,18H,1,10H2,2-4H3,(H,19,21)/b9-7+/t12-/m1/s1. The molecule has 142 valence electrons. The first kappa shape index (κ1) is 21.4. The molecule has 0 aliphatic rings. The van der Waals surface area contributed by atoms with E-state index in [-0.39, 0.29) is 17.2 Å². The molecule has 26 heavy (non-hydrogen) atoms. The van der Waals surface area contributed by atoms with Gasteiger partial charge in [-0.15, -0.1) is 6.58 Å². The second-order valence-corrected chi connectivity index (χ2v) is 6.92. The van der Waals surface area contributed by atoms with Crippen LogP contribution in [0.1, 0.15) is 12.5 Å². The lowest BCUT2D eigenvalue weighted by molar-refractivity contribution is -0.150. The predicted octanol–water partition coefficient (Wildman–Crippen LogP) is 0.850. The molecular formula is C17H22N2O6S. The Morgan fingerprint density at radius 2 is 2.04 bits per heavy atom. The highest BCUT2D eigenvalue weighted by Gasteiger charge is 2.18. The van der Waals surface area contributed by atoms with Crippen molar-refractivity contribution in [2.75, 3.05) is 20.7 Å². The number of hydrogen-bond acceptors (Lipinski definition) is 6. The van der Waals surface area contributed by atoms with Crippen LogP contribution < -0.4 is 14.8 Å². The van der Waals surface area contributed by atoms with Gasteiger partial charge in [0.1, 0.15) is 10.6 Å². The maximum atomic E-state index is 12.0. The minimum absolute atomic E-state index is 0.0600. The summed E-state index contributed by atoms with van der Waals surface area (Å²) >= 11 is 0. The van der Waals surface area contributed by atoms with Gasteiger partial charge >= 0.3 is 5.97 Å². The molecule has 1 aromatic carbocycles. The third-order valence-corrected chi connectivity index (χ3v) is 4.68. The van der Waals surface area contributed by atoms with Crippen molar-refractivity contribution in [2.45, 2.75) is 17.9 Å². The van der Waals surface area contributed by atoms with Crippen LogP contribution in [0.5, 0.6) is 5.75 Å². The van der Waals surface area contributed by atoms with Crippen LogP contribution in [0.25, 0.3) is 6.08 Å². The number of carbonyl (C=O) groups is 2. The smallest absolute Gasteiger partial charge is 0.331 e. The molecule has 9 heteroatoms. The van der Waals surface area contributed by atoms with Gasteiger partial charge in [-0.3, -0.25) is 4.79 Å². The van der Waals surface area contributed by atoms with Crippen molar-refractivity contribution in [3.63, 3.8) is 0 Å².